The molecule has 1 aromatic rings. The summed E-state index contributed by atoms with van der Waals surface area (Å²) in [5, 5.41) is 5.84. The lowest BCUT2D eigenvalue weighted by Gasteiger charge is -2.06. The molecule has 2 N–H and O–H groups in total. The summed E-state index contributed by atoms with van der Waals surface area (Å²) in [4.78, 5) is 15.5. The van der Waals surface area contributed by atoms with Gasteiger partial charge < -0.3 is 15.4 Å². The first-order valence-electron chi connectivity index (χ1n) is 5.69. The van der Waals surface area contributed by atoms with Gasteiger partial charge in [0.25, 0.3) is 0 Å². The number of pyridine rings is 1. The van der Waals surface area contributed by atoms with Gasteiger partial charge in [0.15, 0.2) is 0 Å². The van der Waals surface area contributed by atoms with Crippen molar-refractivity contribution < 1.29 is 9.53 Å². The number of methoxy groups -OCH3 is 1. The molecule has 1 rings (SSSR count). The molecule has 0 bridgehead atoms. The normalized spacial score (nSPS) is 10.2. The zero-order chi connectivity index (χ0) is 12.3. The van der Waals surface area contributed by atoms with Crippen LogP contribution >= 0.6 is 0 Å². The molecule has 94 valence electrons. The molecule has 0 atom stereocenters. The SMILES string of the molecule is COCCCNC(=O)CNCc1ccccn1. The molecule has 1 aromatic heterocycles. The quantitative estimate of drug-likeness (QED) is 0.639. The molecule has 5 nitrogen and oxygen atoms in total. The molecule has 0 fully saturated rings. The average Bonchev–Trinajstić information content (AvgIpc) is 2.36. The Hall–Kier alpha value is -1.46. The van der Waals surface area contributed by atoms with E-state index in [4.69, 9.17) is 4.74 Å². The Balaban J connectivity index is 2.04. The number of ether oxygens (including phenoxy) is 1. The van der Waals surface area contributed by atoms with Crippen LogP contribution in [0.3, 0.4) is 0 Å². The number of rotatable bonds is 8. The molecular formula is C12H19N3O2. The van der Waals surface area contributed by atoms with Crippen molar-refractivity contribution >= 4 is 5.91 Å². The number of carbonyl (C=O) groups is 1. The van der Waals surface area contributed by atoms with Crippen molar-refractivity contribution in [3.63, 3.8) is 0 Å². The third-order valence-electron chi connectivity index (χ3n) is 2.17. The first-order valence-corrected chi connectivity index (χ1v) is 5.69. The van der Waals surface area contributed by atoms with E-state index in [1.807, 2.05) is 18.2 Å². The van der Waals surface area contributed by atoms with Gasteiger partial charge in [-0.25, -0.2) is 0 Å². The Bertz CT molecular complexity index is 317. The Morgan fingerprint density at radius 2 is 2.35 bits per heavy atom. The zero-order valence-corrected chi connectivity index (χ0v) is 10.1. The van der Waals surface area contributed by atoms with Gasteiger partial charge in [0.05, 0.1) is 12.2 Å². The van der Waals surface area contributed by atoms with Crippen LogP contribution in [0.25, 0.3) is 0 Å². The van der Waals surface area contributed by atoms with E-state index in [2.05, 4.69) is 15.6 Å². The van der Waals surface area contributed by atoms with Crippen LogP contribution < -0.4 is 10.6 Å². The summed E-state index contributed by atoms with van der Waals surface area (Å²) >= 11 is 0. The summed E-state index contributed by atoms with van der Waals surface area (Å²) in [7, 11) is 1.65. The summed E-state index contributed by atoms with van der Waals surface area (Å²) in [5.41, 5.74) is 0.930. The van der Waals surface area contributed by atoms with E-state index in [9.17, 15) is 4.79 Å². The Labute approximate surface area is 102 Å². The largest absolute Gasteiger partial charge is 0.385 e. The minimum Gasteiger partial charge on any atom is -0.385 e. The van der Waals surface area contributed by atoms with Crippen molar-refractivity contribution in [1.29, 1.82) is 0 Å². The van der Waals surface area contributed by atoms with Crippen LogP contribution in [0, 0.1) is 0 Å². The fourth-order valence-electron chi connectivity index (χ4n) is 1.31. The van der Waals surface area contributed by atoms with E-state index in [1.165, 1.54) is 0 Å². The smallest absolute Gasteiger partial charge is 0.233 e. The number of hydrogen-bond donors (Lipinski definition) is 2. The van der Waals surface area contributed by atoms with Crippen molar-refractivity contribution in [2.24, 2.45) is 0 Å². The summed E-state index contributed by atoms with van der Waals surface area (Å²) < 4.78 is 4.89. The van der Waals surface area contributed by atoms with Gasteiger partial charge in [0.1, 0.15) is 0 Å². The number of nitrogens with zero attached hydrogens (tertiary/aromatic N) is 1. The summed E-state index contributed by atoms with van der Waals surface area (Å²) in [6.07, 6.45) is 2.57. The van der Waals surface area contributed by atoms with Crippen molar-refractivity contribution in [1.82, 2.24) is 15.6 Å². The molecule has 0 aliphatic heterocycles. The highest BCUT2D eigenvalue weighted by Gasteiger charge is 1.99. The Morgan fingerprint density at radius 1 is 1.47 bits per heavy atom. The minimum absolute atomic E-state index is 0.00275. The maximum Gasteiger partial charge on any atom is 0.233 e. The molecule has 5 heteroatoms. The molecule has 17 heavy (non-hydrogen) atoms. The number of hydrogen-bond acceptors (Lipinski definition) is 4. The lowest BCUT2D eigenvalue weighted by molar-refractivity contribution is -0.120. The van der Waals surface area contributed by atoms with Crippen molar-refractivity contribution in [3.05, 3.63) is 30.1 Å². The van der Waals surface area contributed by atoms with Crippen molar-refractivity contribution in [3.8, 4) is 0 Å². The van der Waals surface area contributed by atoms with E-state index in [0.717, 1.165) is 12.1 Å². The van der Waals surface area contributed by atoms with E-state index < -0.39 is 0 Å². The van der Waals surface area contributed by atoms with Gasteiger partial charge in [0, 0.05) is 33.0 Å². The highest BCUT2D eigenvalue weighted by Crippen LogP contribution is 1.91. The second-order valence-electron chi connectivity index (χ2n) is 3.62. The number of nitrogens with one attached hydrogen (secondary N) is 2. The molecule has 0 unspecified atom stereocenters. The van der Waals surface area contributed by atoms with Crippen LogP contribution in [0.2, 0.25) is 0 Å². The highest BCUT2D eigenvalue weighted by molar-refractivity contribution is 5.77. The number of aromatic nitrogens is 1. The maximum atomic E-state index is 11.4. The van der Waals surface area contributed by atoms with Gasteiger partial charge >= 0.3 is 0 Å². The number of carbonyl (C=O) groups excluding carboxylic acids is 1. The first-order chi connectivity index (χ1) is 8.33. The summed E-state index contributed by atoms with van der Waals surface area (Å²) in [6, 6.07) is 5.71. The van der Waals surface area contributed by atoms with Gasteiger partial charge in [-0.2, -0.15) is 0 Å². The van der Waals surface area contributed by atoms with Gasteiger partial charge in [0.2, 0.25) is 5.91 Å². The monoisotopic (exact) mass is 237 g/mol. The molecule has 0 aliphatic carbocycles. The molecule has 1 heterocycles. The van der Waals surface area contributed by atoms with Crippen molar-refractivity contribution in [2.45, 2.75) is 13.0 Å². The molecule has 0 spiro atoms. The van der Waals surface area contributed by atoms with Gasteiger partial charge in [-0.15, -0.1) is 0 Å². The van der Waals surface area contributed by atoms with Crippen LogP contribution in [-0.4, -0.2) is 37.7 Å². The van der Waals surface area contributed by atoms with Crippen LogP contribution in [-0.2, 0) is 16.1 Å². The number of amides is 1. The molecule has 0 radical (unpaired) electrons. The second kappa shape index (κ2) is 8.66. The lowest BCUT2D eigenvalue weighted by atomic mass is 10.3. The maximum absolute atomic E-state index is 11.4. The van der Waals surface area contributed by atoms with E-state index in [-0.39, 0.29) is 5.91 Å². The third kappa shape index (κ3) is 6.65. The fraction of sp³-hybridized carbons (Fsp3) is 0.500. The molecule has 0 aliphatic rings. The fourth-order valence-corrected chi connectivity index (χ4v) is 1.31. The molecule has 0 aromatic carbocycles. The predicted octanol–water partition coefficient (Wildman–Crippen LogP) is 0.324. The van der Waals surface area contributed by atoms with Crippen LogP contribution in [0.1, 0.15) is 12.1 Å². The van der Waals surface area contributed by atoms with E-state index in [0.29, 0.717) is 26.2 Å². The van der Waals surface area contributed by atoms with Gasteiger partial charge in [-0.05, 0) is 18.6 Å². The minimum atomic E-state index is -0.00275. The second-order valence-corrected chi connectivity index (χ2v) is 3.62. The Kier molecular flexibility index (Phi) is 6.93. The lowest BCUT2D eigenvalue weighted by Crippen LogP contribution is -2.34. The standard InChI is InChI=1S/C12H19N3O2/c1-17-8-4-7-15-12(16)10-13-9-11-5-2-3-6-14-11/h2-3,5-6,13H,4,7-10H2,1H3,(H,15,16). The van der Waals surface area contributed by atoms with Gasteiger partial charge in [-0.3, -0.25) is 9.78 Å². The van der Waals surface area contributed by atoms with E-state index in [1.54, 1.807) is 13.3 Å². The predicted molar refractivity (Wildman–Crippen MR) is 65.4 cm³/mol. The van der Waals surface area contributed by atoms with Gasteiger partial charge in [-0.1, -0.05) is 6.07 Å². The summed E-state index contributed by atoms with van der Waals surface area (Å²) in [6.45, 7) is 2.23. The zero-order valence-electron chi connectivity index (χ0n) is 10.1. The topological polar surface area (TPSA) is 63.2 Å². The van der Waals surface area contributed by atoms with Crippen LogP contribution in [0.15, 0.2) is 24.4 Å². The molecule has 1 amide bonds. The average molecular weight is 237 g/mol. The highest BCUT2D eigenvalue weighted by atomic mass is 16.5. The molecule has 0 saturated carbocycles. The third-order valence-corrected chi connectivity index (χ3v) is 2.17. The first kappa shape index (κ1) is 13.6. The molecular weight excluding hydrogens is 218 g/mol. The molecule has 0 saturated heterocycles. The Morgan fingerprint density at radius 3 is 3.06 bits per heavy atom. The van der Waals surface area contributed by atoms with Crippen molar-refractivity contribution in [2.75, 3.05) is 26.8 Å². The van der Waals surface area contributed by atoms with Crippen LogP contribution in [0.4, 0.5) is 0 Å². The van der Waals surface area contributed by atoms with Crippen LogP contribution in [0.5, 0.6) is 0 Å². The van der Waals surface area contributed by atoms with E-state index >= 15 is 0 Å². The summed E-state index contributed by atoms with van der Waals surface area (Å²) in [5.74, 6) is -0.00275.